The van der Waals surface area contributed by atoms with Gasteiger partial charge in [-0.3, -0.25) is 4.79 Å². The minimum atomic E-state index is -0.277. The SMILES string of the molecule is COCCCNC(=O)CCc1c(-c2ccccc2)[nH]c2ccc(F)cc12. The highest BCUT2D eigenvalue weighted by molar-refractivity contribution is 5.91. The molecule has 0 spiro atoms. The summed E-state index contributed by atoms with van der Waals surface area (Å²) >= 11 is 0. The van der Waals surface area contributed by atoms with Crippen LogP contribution in [0.2, 0.25) is 0 Å². The van der Waals surface area contributed by atoms with Crippen LogP contribution in [0.1, 0.15) is 18.4 Å². The van der Waals surface area contributed by atoms with Crippen molar-refractivity contribution in [3.8, 4) is 11.3 Å². The minimum Gasteiger partial charge on any atom is -0.385 e. The van der Waals surface area contributed by atoms with Crippen molar-refractivity contribution >= 4 is 16.8 Å². The van der Waals surface area contributed by atoms with Crippen molar-refractivity contribution in [1.82, 2.24) is 10.3 Å². The van der Waals surface area contributed by atoms with Gasteiger partial charge in [-0.2, -0.15) is 0 Å². The molecule has 0 saturated heterocycles. The Labute approximate surface area is 152 Å². The van der Waals surface area contributed by atoms with E-state index in [0.717, 1.165) is 34.1 Å². The van der Waals surface area contributed by atoms with Gasteiger partial charge in [0, 0.05) is 43.3 Å². The van der Waals surface area contributed by atoms with E-state index in [2.05, 4.69) is 10.3 Å². The van der Waals surface area contributed by atoms with Gasteiger partial charge >= 0.3 is 0 Å². The molecule has 0 saturated carbocycles. The van der Waals surface area contributed by atoms with E-state index in [1.165, 1.54) is 12.1 Å². The maximum atomic E-state index is 13.8. The summed E-state index contributed by atoms with van der Waals surface area (Å²) in [5, 5.41) is 3.73. The van der Waals surface area contributed by atoms with Gasteiger partial charge in [0.15, 0.2) is 0 Å². The summed E-state index contributed by atoms with van der Waals surface area (Å²) in [6.07, 6.45) is 1.69. The van der Waals surface area contributed by atoms with Gasteiger partial charge in [-0.25, -0.2) is 4.39 Å². The molecule has 0 aliphatic rings. The van der Waals surface area contributed by atoms with Crippen LogP contribution in [0.5, 0.6) is 0 Å². The lowest BCUT2D eigenvalue weighted by Gasteiger charge is -2.07. The lowest BCUT2D eigenvalue weighted by Crippen LogP contribution is -2.25. The maximum absolute atomic E-state index is 13.8. The number of ether oxygens (including phenoxy) is 1. The van der Waals surface area contributed by atoms with E-state index < -0.39 is 0 Å². The standard InChI is InChI=1S/C21H23FN2O2/c1-26-13-5-12-23-20(25)11-9-17-18-14-16(22)8-10-19(18)24-21(17)15-6-3-2-4-7-15/h2-4,6-8,10,14,24H,5,9,11-13H2,1H3,(H,23,25). The van der Waals surface area contributed by atoms with Crippen LogP contribution >= 0.6 is 0 Å². The number of nitrogens with one attached hydrogen (secondary N) is 2. The van der Waals surface area contributed by atoms with Crippen molar-refractivity contribution in [2.75, 3.05) is 20.3 Å². The second-order valence-corrected chi connectivity index (χ2v) is 6.23. The molecular formula is C21H23FN2O2. The second-order valence-electron chi connectivity index (χ2n) is 6.23. The fourth-order valence-corrected chi connectivity index (χ4v) is 3.10. The predicted molar refractivity (Wildman–Crippen MR) is 102 cm³/mol. The van der Waals surface area contributed by atoms with Crippen molar-refractivity contribution in [2.24, 2.45) is 0 Å². The van der Waals surface area contributed by atoms with Crippen molar-refractivity contribution in [3.63, 3.8) is 0 Å². The largest absolute Gasteiger partial charge is 0.385 e. The van der Waals surface area contributed by atoms with Crippen molar-refractivity contribution in [1.29, 1.82) is 0 Å². The second kappa shape index (κ2) is 8.63. The van der Waals surface area contributed by atoms with E-state index in [1.807, 2.05) is 30.3 Å². The fourth-order valence-electron chi connectivity index (χ4n) is 3.10. The molecular weight excluding hydrogens is 331 g/mol. The van der Waals surface area contributed by atoms with Gasteiger partial charge in [0.25, 0.3) is 0 Å². The number of aromatic amines is 1. The van der Waals surface area contributed by atoms with E-state index in [9.17, 15) is 9.18 Å². The van der Waals surface area contributed by atoms with Gasteiger partial charge < -0.3 is 15.0 Å². The van der Waals surface area contributed by atoms with E-state index in [-0.39, 0.29) is 11.7 Å². The summed E-state index contributed by atoms with van der Waals surface area (Å²) in [7, 11) is 1.64. The predicted octanol–water partition coefficient (Wildman–Crippen LogP) is 4.06. The fraction of sp³-hybridized carbons (Fsp3) is 0.286. The lowest BCUT2D eigenvalue weighted by atomic mass is 10.0. The number of carbonyl (C=O) groups excluding carboxylic acids is 1. The Kier molecular flexibility index (Phi) is 6.02. The molecule has 1 aromatic heterocycles. The Morgan fingerprint density at radius 3 is 2.77 bits per heavy atom. The summed E-state index contributed by atoms with van der Waals surface area (Å²) in [5.41, 5.74) is 3.82. The first-order valence-electron chi connectivity index (χ1n) is 8.80. The normalized spacial score (nSPS) is 11.0. The molecule has 0 unspecified atom stereocenters. The van der Waals surface area contributed by atoms with Gasteiger partial charge in [-0.1, -0.05) is 30.3 Å². The molecule has 1 heterocycles. The van der Waals surface area contributed by atoms with Gasteiger partial charge in [0.05, 0.1) is 0 Å². The molecule has 1 amide bonds. The van der Waals surface area contributed by atoms with Crippen molar-refractivity contribution in [2.45, 2.75) is 19.3 Å². The van der Waals surface area contributed by atoms with Crippen LogP contribution in [0.25, 0.3) is 22.2 Å². The highest BCUT2D eigenvalue weighted by Gasteiger charge is 2.15. The number of aromatic nitrogens is 1. The van der Waals surface area contributed by atoms with Crippen LogP contribution in [0.15, 0.2) is 48.5 Å². The zero-order valence-electron chi connectivity index (χ0n) is 14.8. The van der Waals surface area contributed by atoms with Gasteiger partial charge in [-0.15, -0.1) is 0 Å². The first-order valence-corrected chi connectivity index (χ1v) is 8.80. The minimum absolute atomic E-state index is 0.00846. The van der Waals surface area contributed by atoms with Crippen LogP contribution in [0.3, 0.4) is 0 Å². The number of H-pyrrole nitrogens is 1. The Morgan fingerprint density at radius 2 is 2.00 bits per heavy atom. The molecule has 0 radical (unpaired) electrons. The molecule has 0 bridgehead atoms. The van der Waals surface area contributed by atoms with Crippen LogP contribution < -0.4 is 5.32 Å². The zero-order chi connectivity index (χ0) is 18.4. The van der Waals surface area contributed by atoms with E-state index >= 15 is 0 Å². The molecule has 3 rings (SSSR count). The summed E-state index contributed by atoms with van der Waals surface area (Å²) in [4.78, 5) is 15.5. The van der Waals surface area contributed by atoms with E-state index in [0.29, 0.717) is 26.0 Å². The molecule has 0 fully saturated rings. The molecule has 4 nitrogen and oxygen atoms in total. The van der Waals surface area contributed by atoms with Crippen LogP contribution in [0.4, 0.5) is 4.39 Å². The number of halogens is 1. The number of methoxy groups -OCH3 is 1. The Hall–Kier alpha value is -2.66. The first kappa shape index (κ1) is 18.1. The zero-order valence-corrected chi connectivity index (χ0v) is 14.8. The van der Waals surface area contributed by atoms with Crippen molar-refractivity contribution < 1.29 is 13.9 Å². The molecule has 3 aromatic rings. The van der Waals surface area contributed by atoms with Crippen molar-refractivity contribution in [3.05, 3.63) is 59.9 Å². The molecule has 0 aliphatic carbocycles. The van der Waals surface area contributed by atoms with Gasteiger partial charge in [0.2, 0.25) is 5.91 Å². The van der Waals surface area contributed by atoms with Crippen LogP contribution in [-0.2, 0) is 16.0 Å². The summed E-state index contributed by atoms with van der Waals surface area (Å²) < 4.78 is 18.7. The molecule has 26 heavy (non-hydrogen) atoms. The van der Waals surface area contributed by atoms with Crippen LogP contribution in [0, 0.1) is 5.82 Å². The number of carbonyl (C=O) groups is 1. The summed E-state index contributed by atoms with van der Waals surface area (Å²) in [6.45, 7) is 1.22. The highest BCUT2D eigenvalue weighted by Crippen LogP contribution is 2.31. The Balaban J connectivity index is 1.81. The van der Waals surface area contributed by atoms with Gasteiger partial charge in [-0.05, 0) is 42.2 Å². The number of amides is 1. The first-order chi connectivity index (χ1) is 12.7. The monoisotopic (exact) mass is 354 g/mol. The lowest BCUT2D eigenvalue weighted by molar-refractivity contribution is -0.121. The number of benzene rings is 2. The summed E-state index contributed by atoms with van der Waals surface area (Å²) in [5.74, 6) is -0.285. The number of fused-ring (bicyclic) bond motifs is 1. The topological polar surface area (TPSA) is 54.1 Å². The van der Waals surface area contributed by atoms with Gasteiger partial charge in [0.1, 0.15) is 5.82 Å². The third-order valence-electron chi connectivity index (χ3n) is 4.38. The van der Waals surface area contributed by atoms with E-state index in [1.54, 1.807) is 13.2 Å². The average Bonchev–Trinajstić information content (AvgIpc) is 3.02. The Bertz CT molecular complexity index is 874. The highest BCUT2D eigenvalue weighted by atomic mass is 19.1. The quantitative estimate of drug-likeness (QED) is 0.600. The van der Waals surface area contributed by atoms with Crippen LogP contribution in [-0.4, -0.2) is 31.2 Å². The molecule has 5 heteroatoms. The molecule has 2 aromatic carbocycles. The smallest absolute Gasteiger partial charge is 0.220 e. The Morgan fingerprint density at radius 1 is 1.19 bits per heavy atom. The third-order valence-corrected chi connectivity index (χ3v) is 4.38. The average molecular weight is 354 g/mol. The number of aryl methyl sites for hydroxylation is 1. The summed E-state index contributed by atoms with van der Waals surface area (Å²) in [6, 6.07) is 14.6. The number of hydrogen-bond donors (Lipinski definition) is 2. The number of hydrogen-bond acceptors (Lipinski definition) is 2. The number of rotatable bonds is 8. The third kappa shape index (κ3) is 4.29. The molecule has 0 aliphatic heterocycles. The molecule has 2 N–H and O–H groups in total. The molecule has 136 valence electrons. The van der Waals surface area contributed by atoms with E-state index in [4.69, 9.17) is 4.74 Å². The maximum Gasteiger partial charge on any atom is 0.220 e. The molecule has 0 atom stereocenters.